The van der Waals surface area contributed by atoms with Gasteiger partial charge in [-0.15, -0.1) is 10.2 Å². The third kappa shape index (κ3) is 5.65. The molecule has 0 unspecified atom stereocenters. The molecule has 4 rings (SSSR count). The molecule has 156 valence electrons. The second kappa shape index (κ2) is 10.0. The maximum absolute atomic E-state index is 12.6. The van der Waals surface area contributed by atoms with Crippen LogP contribution in [0.5, 0.6) is 5.75 Å². The minimum Gasteiger partial charge on any atom is -0.485 e. The highest BCUT2D eigenvalue weighted by Gasteiger charge is 2.23. The van der Waals surface area contributed by atoms with Crippen molar-refractivity contribution < 1.29 is 9.53 Å². The summed E-state index contributed by atoms with van der Waals surface area (Å²) in [6.07, 6.45) is 4.40. The molecule has 1 amide bonds. The third-order valence-electron chi connectivity index (χ3n) is 5.53. The molecule has 3 aromatic rings. The fraction of sp³-hybridized carbons (Fsp3) is 0.391. The van der Waals surface area contributed by atoms with E-state index in [0.29, 0.717) is 11.7 Å². The van der Waals surface area contributed by atoms with Crippen LogP contribution in [0.15, 0.2) is 60.7 Å². The first kappa shape index (κ1) is 20.1. The number of nitrogens with zero attached hydrogens (tertiary/aromatic N) is 5. The zero-order valence-corrected chi connectivity index (χ0v) is 17.1. The molecule has 0 spiro atoms. The summed E-state index contributed by atoms with van der Waals surface area (Å²) < 4.78 is 5.62. The topological polar surface area (TPSA) is 73.1 Å². The number of likely N-dealkylation sites (tertiary alicyclic amines) is 1. The van der Waals surface area contributed by atoms with E-state index in [2.05, 4.69) is 45.7 Å². The first-order valence-electron chi connectivity index (χ1n) is 10.5. The monoisotopic (exact) mass is 405 g/mol. The van der Waals surface area contributed by atoms with Crippen molar-refractivity contribution in [3.8, 4) is 5.75 Å². The Hall–Kier alpha value is -3.22. The van der Waals surface area contributed by atoms with Crippen LogP contribution < -0.4 is 4.74 Å². The van der Waals surface area contributed by atoms with Crippen LogP contribution in [0.1, 0.15) is 30.7 Å². The van der Waals surface area contributed by atoms with E-state index in [4.69, 9.17) is 4.74 Å². The van der Waals surface area contributed by atoms with E-state index in [0.717, 1.165) is 38.1 Å². The van der Waals surface area contributed by atoms with Gasteiger partial charge in [-0.05, 0) is 54.5 Å². The standard InChI is InChI=1S/C23H27N5O2/c29-23(17-28-25-22(24-26-28)18-30-21-9-5-2-6-10-21)27-15-13-20(14-16-27)12-11-19-7-3-1-4-8-19/h1-10,20H,11-18H2. The molecule has 0 N–H and O–H groups in total. The van der Waals surface area contributed by atoms with Crippen molar-refractivity contribution in [2.45, 2.75) is 38.8 Å². The summed E-state index contributed by atoms with van der Waals surface area (Å²) in [6, 6.07) is 20.1. The van der Waals surface area contributed by atoms with Gasteiger partial charge in [0.2, 0.25) is 11.7 Å². The number of hydrogen-bond donors (Lipinski definition) is 0. The molecule has 1 saturated heterocycles. The smallest absolute Gasteiger partial charge is 0.246 e. The number of aryl methyl sites for hydroxylation is 1. The molecule has 0 aliphatic carbocycles. The molecule has 1 fully saturated rings. The van der Waals surface area contributed by atoms with Crippen LogP contribution in [0, 0.1) is 5.92 Å². The van der Waals surface area contributed by atoms with Gasteiger partial charge in [0, 0.05) is 13.1 Å². The highest BCUT2D eigenvalue weighted by molar-refractivity contribution is 5.75. The lowest BCUT2D eigenvalue weighted by atomic mass is 9.90. The van der Waals surface area contributed by atoms with E-state index in [9.17, 15) is 4.79 Å². The van der Waals surface area contributed by atoms with Crippen LogP contribution in [-0.4, -0.2) is 44.1 Å². The average Bonchev–Trinajstić information content (AvgIpc) is 3.25. The summed E-state index contributed by atoms with van der Waals surface area (Å²) in [7, 11) is 0. The number of para-hydroxylation sites is 1. The minimum absolute atomic E-state index is 0.0458. The summed E-state index contributed by atoms with van der Waals surface area (Å²) in [5.74, 6) is 1.94. The van der Waals surface area contributed by atoms with Gasteiger partial charge in [-0.1, -0.05) is 48.5 Å². The SMILES string of the molecule is O=C(Cn1nnc(COc2ccccc2)n1)N1CCC(CCc2ccccc2)CC1. The molecule has 2 aromatic carbocycles. The second-order valence-corrected chi connectivity index (χ2v) is 7.69. The third-order valence-corrected chi connectivity index (χ3v) is 5.53. The Bertz CT molecular complexity index is 921. The first-order chi connectivity index (χ1) is 14.8. The maximum Gasteiger partial charge on any atom is 0.246 e. The van der Waals surface area contributed by atoms with Crippen molar-refractivity contribution in [2.24, 2.45) is 5.92 Å². The van der Waals surface area contributed by atoms with E-state index >= 15 is 0 Å². The van der Waals surface area contributed by atoms with Crippen molar-refractivity contribution in [3.05, 3.63) is 72.1 Å². The van der Waals surface area contributed by atoms with Crippen LogP contribution in [0.2, 0.25) is 0 Å². The summed E-state index contributed by atoms with van der Waals surface area (Å²) in [5, 5.41) is 12.2. The number of amides is 1. The van der Waals surface area contributed by atoms with Gasteiger partial charge in [0.25, 0.3) is 0 Å². The Balaban J connectivity index is 1.19. The molecule has 0 radical (unpaired) electrons. The van der Waals surface area contributed by atoms with Crippen molar-refractivity contribution in [1.29, 1.82) is 0 Å². The zero-order valence-electron chi connectivity index (χ0n) is 17.1. The number of carbonyl (C=O) groups is 1. The molecule has 7 heteroatoms. The number of ether oxygens (including phenoxy) is 1. The number of rotatable bonds is 8. The van der Waals surface area contributed by atoms with Gasteiger partial charge in [0.05, 0.1) is 0 Å². The first-order valence-corrected chi connectivity index (χ1v) is 10.5. The molecular formula is C23H27N5O2. The Labute approximate surface area is 176 Å². The van der Waals surface area contributed by atoms with Gasteiger partial charge >= 0.3 is 0 Å². The van der Waals surface area contributed by atoms with Crippen molar-refractivity contribution in [2.75, 3.05) is 13.1 Å². The summed E-state index contributed by atoms with van der Waals surface area (Å²) >= 11 is 0. The minimum atomic E-state index is 0.0458. The fourth-order valence-electron chi connectivity index (χ4n) is 3.77. The average molecular weight is 406 g/mol. The number of benzene rings is 2. The van der Waals surface area contributed by atoms with Gasteiger partial charge in [0.1, 0.15) is 12.3 Å². The molecule has 1 aliphatic heterocycles. The quantitative estimate of drug-likeness (QED) is 0.576. The van der Waals surface area contributed by atoms with E-state index in [1.54, 1.807) is 0 Å². The summed E-state index contributed by atoms with van der Waals surface area (Å²) in [6.45, 7) is 1.95. The molecule has 1 aliphatic rings. The Morgan fingerprint density at radius 3 is 2.43 bits per heavy atom. The van der Waals surface area contributed by atoms with Gasteiger partial charge in [-0.2, -0.15) is 4.80 Å². The Morgan fingerprint density at radius 2 is 1.70 bits per heavy atom. The van der Waals surface area contributed by atoms with Crippen LogP contribution >= 0.6 is 0 Å². The number of carbonyl (C=O) groups excluding carboxylic acids is 1. The molecule has 1 aromatic heterocycles. The number of hydrogen-bond acceptors (Lipinski definition) is 5. The highest BCUT2D eigenvalue weighted by atomic mass is 16.5. The van der Waals surface area contributed by atoms with Crippen LogP contribution in [-0.2, 0) is 24.4 Å². The van der Waals surface area contributed by atoms with Gasteiger partial charge in [0.15, 0.2) is 6.61 Å². The van der Waals surface area contributed by atoms with Gasteiger partial charge < -0.3 is 9.64 Å². The normalized spacial score (nSPS) is 14.6. The predicted molar refractivity (Wildman–Crippen MR) is 113 cm³/mol. The number of aromatic nitrogens is 4. The molecule has 7 nitrogen and oxygen atoms in total. The number of tetrazole rings is 1. The molecule has 0 bridgehead atoms. The lowest BCUT2D eigenvalue weighted by Crippen LogP contribution is -2.40. The highest BCUT2D eigenvalue weighted by Crippen LogP contribution is 2.22. The summed E-state index contributed by atoms with van der Waals surface area (Å²) in [4.78, 5) is 15.9. The molecule has 2 heterocycles. The van der Waals surface area contributed by atoms with Crippen LogP contribution in [0.3, 0.4) is 0 Å². The second-order valence-electron chi connectivity index (χ2n) is 7.69. The van der Waals surface area contributed by atoms with Crippen molar-refractivity contribution in [3.63, 3.8) is 0 Å². The lowest BCUT2D eigenvalue weighted by Gasteiger charge is -2.32. The Kier molecular flexibility index (Phi) is 6.69. The van der Waals surface area contributed by atoms with Crippen LogP contribution in [0.4, 0.5) is 0 Å². The van der Waals surface area contributed by atoms with E-state index in [1.807, 2.05) is 35.2 Å². The molecule has 30 heavy (non-hydrogen) atoms. The largest absolute Gasteiger partial charge is 0.485 e. The van der Waals surface area contributed by atoms with Gasteiger partial charge in [-0.3, -0.25) is 4.79 Å². The van der Waals surface area contributed by atoms with E-state index in [1.165, 1.54) is 16.8 Å². The van der Waals surface area contributed by atoms with E-state index < -0.39 is 0 Å². The maximum atomic E-state index is 12.6. The Morgan fingerprint density at radius 1 is 1.00 bits per heavy atom. The van der Waals surface area contributed by atoms with Crippen molar-refractivity contribution >= 4 is 5.91 Å². The zero-order chi connectivity index (χ0) is 20.6. The summed E-state index contributed by atoms with van der Waals surface area (Å²) in [5.41, 5.74) is 1.39. The number of piperidine rings is 1. The van der Waals surface area contributed by atoms with E-state index in [-0.39, 0.29) is 19.1 Å². The molecule has 0 saturated carbocycles. The van der Waals surface area contributed by atoms with Gasteiger partial charge in [-0.25, -0.2) is 0 Å². The fourth-order valence-corrected chi connectivity index (χ4v) is 3.77. The van der Waals surface area contributed by atoms with Crippen LogP contribution in [0.25, 0.3) is 0 Å². The predicted octanol–water partition coefficient (Wildman–Crippen LogP) is 3.12. The molecule has 0 atom stereocenters. The van der Waals surface area contributed by atoms with Crippen molar-refractivity contribution in [1.82, 2.24) is 25.1 Å². The lowest BCUT2D eigenvalue weighted by molar-refractivity contribution is -0.133. The molecular weight excluding hydrogens is 378 g/mol.